The van der Waals surface area contributed by atoms with Gasteiger partial charge in [-0.15, -0.1) is 0 Å². The molecule has 1 saturated carbocycles. The molecule has 0 aromatic rings. The van der Waals surface area contributed by atoms with Gasteiger partial charge in [0.15, 0.2) is 6.17 Å². The van der Waals surface area contributed by atoms with E-state index in [0.717, 1.165) is 5.57 Å². The number of carbonyl (C=O) groups is 1. The zero-order chi connectivity index (χ0) is 11.6. The zero-order valence-corrected chi connectivity index (χ0v) is 8.60. The van der Waals surface area contributed by atoms with Gasteiger partial charge in [0.05, 0.1) is 18.8 Å². The van der Waals surface area contributed by atoms with Crippen molar-refractivity contribution in [3.8, 4) is 0 Å². The van der Waals surface area contributed by atoms with E-state index in [1.807, 2.05) is 0 Å². The molecule has 1 aliphatic rings. The van der Waals surface area contributed by atoms with E-state index in [4.69, 9.17) is 4.74 Å². The van der Waals surface area contributed by atoms with Crippen molar-refractivity contribution in [3.63, 3.8) is 0 Å². The molecule has 5 heteroatoms. The first-order valence-corrected chi connectivity index (χ1v) is 4.68. The first kappa shape index (κ1) is 12.1. The number of hydrogen-bond acceptors (Lipinski definition) is 2. The number of ketones is 1. The lowest BCUT2D eigenvalue weighted by Gasteiger charge is -2.37. The summed E-state index contributed by atoms with van der Waals surface area (Å²) in [7, 11) is 0. The van der Waals surface area contributed by atoms with Gasteiger partial charge in [0.2, 0.25) is 5.78 Å². The highest BCUT2D eigenvalue weighted by Gasteiger charge is 2.65. The van der Waals surface area contributed by atoms with Gasteiger partial charge in [-0.2, -0.15) is 8.78 Å². The second-order valence-corrected chi connectivity index (χ2v) is 3.85. The standard InChI is InChI=1S/C10H13F3O2/c1-6(2)5-15-4-3-7-8(11)9(14)10(7,12)13/h5,7-8H,3-4H2,1-2H3. The van der Waals surface area contributed by atoms with Gasteiger partial charge >= 0.3 is 5.92 Å². The molecule has 0 N–H and O–H groups in total. The first-order chi connectivity index (χ1) is 6.87. The van der Waals surface area contributed by atoms with Crippen LogP contribution in [0.2, 0.25) is 0 Å². The molecule has 0 saturated heterocycles. The van der Waals surface area contributed by atoms with Crippen molar-refractivity contribution < 1.29 is 22.7 Å². The third kappa shape index (κ3) is 2.33. The number of rotatable bonds is 4. The average Bonchev–Trinajstić information content (AvgIpc) is 2.15. The second-order valence-electron chi connectivity index (χ2n) is 3.85. The molecule has 15 heavy (non-hydrogen) atoms. The van der Waals surface area contributed by atoms with E-state index in [1.54, 1.807) is 13.8 Å². The van der Waals surface area contributed by atoms with Gasteiger partial charge < -0.3 is 4.74 Å². The highest BCUT2D eigenvalue weighted by molar-refractivity contribution is 5.96. The highest BCUT2D eigenvalue weighted by atomic mass is 19.3. The summed E-state index contributed by atoms with van der Waals surface area (Å²) in [6.07, 6.45) is -0.759. The van der Waals surface area contributed by atoms with E-state index in [-0.39, 0.29) is 13.0 Å². The van der Waals surface area contributed by atoms with Crippen LogP contribution in [-0.2, 0) is 9.53 Å². The summed E-state index contributed by atoms with van der Waals surface area (Å²) in [5, 5.41) is 0. The maximum Gasteiger partial charge on any atom is 0.314 e. The van der Waals surface area contributed by atoms with Gasteiger partial charge in [-0.25, -0.2) is 4.39 Å². The van der Waals surface area contributed by atoms with Gasteiger partial charge in [0.25, 0.3) is 0 Å². The minimum absolute atomic E-state index is 0.000856. The molecule has 86 valence electrons. The van der Waals surface area contributed by atoms with Crippen LogP contribution in [0, 0.1) is 5.92 Å². The number of alkyl halides is 3. The van der Waals surface area contributed by atoms with E-state index in [1.165, 1.54) is 6.26 Å². The molecule has 1 aliphatic carbocycles. The third-order valence-corrected chi connectivity index (χ3v) is 2.26. The predicted octanol–water partition coefficient (Wildman–Crippen LogP) is 2.49. The summed E-state index contributed by atoms with van der Waals surface area (Å²) in [5.41, 5.74) is 0.892. The van der Waals surface area contributed by atoms with Crippen molar-refractivity contribution in [1.29, 1.82) is 0 Å². The van der Waals surface area contributed by atoms with E-state index in [2.05, 4.69) is 0 Å². The van der Waals surface area contributed by atoms with Crippen molar-refractivity contribution in [3.05, 3.63) is 11.8 Å². The quantitative estimate of drug-likeness (QED) is 0.539. The Morgan fingerprint density at radius 3 is 2.60 bits per heavy atom. The SMILES string of the molecule is CC(C)=COCCC1C(F)C(=O)C1(F)F. The predicted molar refractivity (Wildman–Crippen MR) is 48.3 cm³/mol. The lowest BCUT2D eigenvalue weighted by molar-refractivity contribution is -0.193. The van der Waals surface area contributed by atoms with Crippen LogP contribution in [0.15, 0.2) is 11.8 Å². The monoisotopic (exact) mass is 222 g/mol. The number of carbonyl (C=O) groups excluding carboxylic acids is 1. The van der Waals surface area contributed by atoms with E-state index < -0.39 is 23.8 Å². The number of hydrogen-bond donors (Lipinski definition) is 0. The van der Waals surface area contributed by atoms with Gasteiger partial charge in [0.1, 0.15) is 0 Å². The Labute approximate surface area is 86.1 Å². The van der Waals surface area contributed by atoms with Crippen molar-refractivity contribution in [1.82, 2.24) is 0 Å². The Kier molecular flexibility index (Phi) is 3.42. The maximum atomic E-state index is 12.8. The molecule has 0 aliphatic heterocycles. The third-order valence-electron chi connectivity index (χ3n) is 2.26. The summed E-state index contributed by atoms with van der Waals surface area (Å²) in [4.78, 5) is 10.5. The summed E-state index contributed by atoms with van der Waals surface area (Å²) >= 11 is 0. The fourth-order valence-corrected chi connectivity index (χ4v) is 1.39. The van der Waals surface area contributed by atoms with Gasteiger partial charge in [-0.1, -0.05) is 0 Å². The highest BCUT2D eigenvalue weighted by Crippen LogP contribution is 2.44. The fourth-order valence-electron chi connectivity index (χ4n) is 1.39. The molecule has 0 spiro atoms. The molecule has 1 fully saturated rings. The molecule has 0 aromatic carbocycles. The Morgan fingerprint density at radius 2 is 2.13 bits per heavy atom. The summed E-state index contributed by atoms with van der Waals surface area (Å²) in [6.45, 7) is 3.58. The van der Waals surface area contributed by atoms with E-state index in [9.17, 15) is 18.0 Å². The van der Waals surface area contributed by atoms with Crippen molar-refractivity contribution in [2.75, 3.05) is 6.61 Å². The number of allylic oxidation sites excluding steroid dienone is 1. The number of Topliss-reactive ketones (excluding diaryl/α,β-unsaturated/α-hetero) is 1. The Hall–Kier alpha value is -1.00. The van der Waals surface area contributed by atoms with Crippen LogP contribution in [0.25, 0.3) is 0 Å². The van der Waals surface area contributed by atoms with Crippen molar-refractivity contribution in [2.45, 2.75) is 32.4 Å². The van der Waals surface area contributed by atoms with Crippen LogP contribution in [0.3, 0.4) is 0 Å². The average molecular weight is 222 g/mol. The Bertz CT molecular complexity index is 282. The minimum Gasteiger partial charge on any atom is -0.501 e. The van der Waals surface area contributed by atoms with Crippen LogP contribution in [-0.4, -0.2) is 24.5 Å². The minimum atomic E-state index is -3.51. The molecule has 0 bridgehead atoms. The molecule has 1 rings (SSSR count). The van der Waals surface area contributed by atoms with Gasteiger partial charge in [-0.3, -0.25) is 4.79 Å². The van der Waals surface area contributed by atoms with Crippen LogP contribution in [0.4, 0.5) is 13.2 Å². The molecule has 0 aromatic heterocycles. The molecule has 2 atom stereocenters. The molecule has 0 amide bonds. The molecule has 0 heterocycles. The summed E-state index contributed by atoms with van der Waals surface area (Å²) < 4.78 is 43.2. The molecular formula is C10H13F3O2. The molecule has 2 unspecified atom stereocenters. The van der Waals surface area contributed by atoms with Crippen LogP contribution >= 0.6 is 0 Å². The number of halogens is 3. The van der Waals surface area contributed by atoms with Gasteiger partial charge in [-0.05, 0) is 25.8 Å². The first-order valence-electron chi connectivity index (χ1n) is 4.68. The van der Waals surface area contributed by atoms with Crippen LogP contribution < -0.4 is 0 Å². The molecule has 2 nitrogen and oxygen atoms in total. The molecular weight excluding hydrogens is 209 g/mol. The van der Waals surface area contributed by atoms with Crippen LogP contribution in [0.1, 0.15) is 20.3 Å². The lowest BCUT2D eigenvalue weighted by Crippen LogP contribution is -2.59. The van der Waals surface area contributed by atoms with E-state index in [0.29, 0.717) is 0 Å². The Balaban J connectivity index is 2.34. The lowest BCUT2D eigenvalue weighted by atomic mass is 9.75. The zero-order valence-electron chi connectivity index (χ0n) is 8.60. The maximum absolute atomic E-state index is 12.8. The normalized spacial score (nSPS) is 28.2. The number of ether oxygens (including phenoxy) is 1. The van der Waals surface area contributed by atoms with Gasteiger partial charge in [0, 0.05) is 0 Å². The van der Waals surface area contributed by atoms with Crippen LogP contribution in [0.5, 0.6) is 0 Å². The van der Waals surface area contributed by atoms with Crippen molar-refractivity contribution in [2.24, 2.45) is 5.92 Å². The fraction of sp³-hybridized carbons (Fsp3) is 0.700. The summed E-state index contributed by atoms with van der Waals surface area (Å²) in [6, 6.07) is 0. The van der Waals surface area contributed by atoms with Crippen molar-refractivity contribution >= 4 is 5.78 Å². The van der Waals surface area contributed by atoms with E-state index >= 15 is 0 Å². The topological polar surface area (TPSA) is 26.3 Å². The second kappa shape index (κ2) is 4.24. The largest absolute Gasteiger partial charge is 0.501 e. The summed E-state index contributed by atoms with van der Waals surface area (Å²) in [5.74, 6) is -6.63. The molecule has 0 radical (unpaired) electrons. The smallest absolute Gasteiger partial charge is 0.314 e. The Morgan fingerprint density at radius 1 is 1.53 bits per heavy atom.